The number of hydrogen-bond acceptors (Lipinski definition) is 3. The largest absolute Gasteiger partial charge is 0.356 e. The number of carbonyl (C=O) groups excluding carboxylic acids is 1. The molecule has 1 spiro atoms. The second-order valence-electron chi connectivity index (χ2n) is 7.30. The third-order valence-corrected chi connectivity index (χ3v) is 5.71. The molecule has 4 heteroatoms. The van der Waals surface area contributed by atoms with Crippen LogP contribution in [0.5, 0.6) is 0 Å². The van der Waals surface area contributed by atoms with Crippen LogP contribution in [-0.2, 0) is 4.79 Å². The number of anilines is 1. The van der Waals surface area contributed by atoms with E-state index < -0.39 is 0 Å². The lowest BCUT2D eigenvalue weighted by molar-refractivity contribution is -0.132. The quantitative estimate of drug-likeness (QED) is 0.861. The standard InChI is InChI=1S/C18H25N3O/c1-14-3-2-4-16(19-14)20-11-9-18(10-12-20)8-7-17(22)21(18)13-15-5-6-15/h2-4,15H,5-13H2,1H3. The highest BCUT2D eigenvalue weighted by atomic mass is 16.2. The van der Waals surface area contributed by atoms with E-state index in [2.05, 4.69) is 26.9 Å². The molecule has 118 valence electrons. The van der Waals surface area contributed by atoms with E-state index in [1.165, 1.54) is 12.8 Å². The van der Waals surface area contributed by atoms with Crippen molar-refractivity contribution in [2.75, 3.05) is 24.5 Å². The monoisotopic (exact) mass is 299 g/mol. The van der Waals surface area contributed by atoms with Crippen LogP contribution in [0.1, 0.15) is 44.2 Å². The van der Waals surface area contributed by atoms with Crippen LogP contribution in [0.15, 0.2) is 18.2 Å². The van der Waals surface area contributed by atoms with Gasteiger partial charge in [0.05, 0.1) is 0 Å². The van der Waals surface area contributed by atoms with E-state index in [1.54, 1.807) is 0 Å². The van der Waals surface area contributed by atoms with Crippen LogP contribution in [0.4, 0.5) is 5.82 Å². The number of aromatic nitrogens is 1. The van der Waals surface area contributed by atoms with Gasteiger partial charge in [-0.3, -0.25) is 4.79 Å². The second kappa shape index (κ2) is 5.25. The molecule has 0 atom stereocenters. The molecule has 0 unspecified atom stereocenters. The average molecular weight is 299 g/mol. The zero-order valence-corrected chi connectivity index (χ0v) is 13.4. The Morgan fingerprint density at radius 1 is 1.23 bits per heavy atom. The summed E-state index contributed by atoms with van der Waals surface area (Å²) in [7, 11) is 0. The fourth-order valence-electron chi connectivity index (χ4n) is 4.10. The van der Waals surface area contributed by atoms with E-state index in [0.717, 1.165) is 62.7 Å². The first kappa shape index (κ1) is 14.0. The summed E-state index contributed by atoms with van der Waals surface area (Å²) >= 11 is 0. The molecule has 0 bridgehead atoms. The summed E-state index contributed by atoms with van der Waals surface area (Å²) in [6, 6.07) is 6.23. The maximum Gasteiger partial charge on any atom is 0.223 e. The van der Waals surface area contributed by atoms with Gasteiger partial charge in [-0.2, -0.15) is 0 Å². The lowest BCUT2D eigenvalue weighted by atomic mass is 9.84. The number of rotatable bonds is 3. The summed E-state index contributed by atoms with van der Waals surface area (Å²) in [6.45, 7) is 5.10. The van der Waals surface area contributed by atoms with E-state index in [9.17, 15) is 4.79 Å². The minimum absolute atomic E-state index is 0.153. The third-order valence-electron chi connectivity index (χ3n) is 5.71. The Balaban J connectivity index is 1.47. The Bertz CT molecular complexity index is 573. The topological polar surface area (TPSA) is 36.4 Å². The minimum Gasteiger partial charge on any atom is -0.356 e. The molecule has 1 aromatic heterocycles. The highest BCUT2D eigenvalue weighted by molar-refractivity contribution is 5.80. The van der Waals surface area contributed by atoms with Crippen LogP contribution in [0, 0.1) is 12.8 Å². The Kier molecular flexibility index (Phi) is 3.35. The molecule has 4 nitrogen and oxygen atoms in total. The molecule has 1 aliphatic carbocycles. The molecule has 3 heterocycles. The van der Waals surface area contributed by atoms with Gasteiger partial charge < -0.3 is 9.80 Å². The summed E-state index contributed by atoms with van der Waals surface area (Å²) in [4.78, 5) is 21.6. The van der Waals surface area contributed by atoms with Crippen LogP contribution in [0.2, 0.25) is 0 Å². The van der Waals surface area contributed by atoms with E-state index in [0.29, 0.717) is 5.91 Å². The highest BCUT2D eigenvalue weighted by Crippen LogP contribution is 2.42. The molecule has 2 aliphatic heterocycles. The molecule has 2 saturated heterocycles. The number of nitrogens with zero attached hydrogens (tertiary/aromatic N) is 3. The molecule has 1 aromatic rings. The number of hydrogen-bond donors (Lipinski definition) is 0. The summed E-state index contributed by atoms with van der Waals surface area (Å²) in [5.74, 6) is 2.28. The van der Waals surface area contributed by atoms with E-state index >= 15 is 0 Å². The van der Waals surface area contributed by atoms with Crippen LogP contribution in [0.3, 0.4) is 0 Å². The Labute approximate surface area is 132 Å². The molecule has 3 fully saturated rings. The van der Waals surface area contributed by atoms with Crippen molar-refractivity contribution < 1.29 is 4.79 Å². The highest BCUT2D eigenvalue weighted by Gasteiger charge is 2.48. The molecular weight excluding hydrogens is 274 g/mol. The first-order valence-electron chi connectivity index (χ1n) is 8.65. The Morgan fingerprint density at radius 3 is 2.68 bits per heavy atom. The van der Waals surface area contributed by atoms with Crippen molar-refractivity contribution in [1.29, 1.82) is 0 Å². The van der Waals surface area contributed by atoms with Gasteiger partial charge in [0.25, 0.3) is 0 Å². The third kappa shape index (κ3) is 2.49. The number of amides is 1. The maximum absolute atomic E-state index is 12.3. The van der Waals surface area contributed by atoms with Gasteiger partial charge in [-0.25, -0.2) is 4.98 Å². The normalized spacial score (nSPS) is 24.3. The van der Waals surface area contributed by atoms with E-state index in [1.807, 2.05) is 13.0 Å². The molecule has 22 heavy (non-hydrogen) atoms. The van der Waals surface area contributed by atoms with Crippen LogP contribution in [-0.4, -0.2) is 41.0 Å². The molecule has 0 N–H and O–H groups in total. The van der Waals surface area contributed by atoms with E-state index in [4.69, 9.17) is 0 Å². The smallest absolute Gasteiger partial charge is 0.223 e. The first-order valence-corrected chi connectivity index (χ1v) is 8.65. The van der Waals surface area contributed by atoms with Crippen molar-refractivity contribution in [3.8, 4) is 0 Å². The van der Waals surface area contributed by atoms with Crippen molar-refractivity contribution in [1.82, 2.24) is 9.88 Å². The van der Waals surface area contributed by atoms with Gasteiger partial charge in [-0.05, 0) is 57.1 Å². The van der Waals surface area contributed by atoms with Gasteiger partial charge in [0.15, 0.2) is 0 Å². The average Bonchev–Trinajstić information content (AvgIpc) is 3.30. The van der Waals surface area contributed by atoms with Crippen LogP contribution >= 0.6 is 0 Å². The fraction of sp³-hybridized carbons (Fsp3) is 0.667. The maximum atomic E-state index is 12.3. The zero-order valence-electron chi connectivity index (χ0n) is 13.4. The summed E-state index contributed by atoms with van der Waals surface area (Å²) in [5.41, 5.74) is 1.23. The SMILES string of the molecule is Cc1cccc(N2CCC3(CCC(=O)N3CC3CC3)CC2)n1. The summed E-state index contributed by atoms with van der Waals surface area (Å²) < 4.78 is 0. The van der Waals surface area contributed by atoms with Gasteiger partial charge in [0.1, 0.15) is 5.82 Å². The lowest BCUT2D eigenvalue weighted by Gasteiger charge is -2.45. The number of pyridine rings is 1. The molecule has 0 aromatic carbocycles. The summed E-state index contributed by atoms with van der Waals surface area (Å²) in [5, 5.41) is 0. The van der Waals surface area contributed by atoms with Crippen LogP contribution < -0.4 is 4.90 Å². The predicted octanol–water partition coefficient (Wildman–Crippen LogP) is 2.76. The van der Waals surface area contributed by atoms with Crippen molar-refractivity contribution >= 4 is 11.7 Å². The molecule has 4 rings (SSSR count). The molecule has 3 aliphatic rings. The van der Waals surface area contributed by atoms with Crippen molar-refractivity contribution in [2.24, 2.45) is 5.92 Å². The van der Waals surface area contributed by atoms with Gasteiger partial charge >= 0.3 is 0 Å². The number of aryl methyl sites for hydroxylation is 1. The van der Waals surface area contributed by atoms with Crippen LogP contribution in [0.25, 0.3) is 0 Å². The minimum atomic E-state index is 0.153. The van der Waals surface area contributed by atoms with Gasteiger partial charge in [0, 0.05) is 37.3 Å². The second-order valence-corrected chi connectivity index (χ2v) is 7.30. The number of likely N-dealkylation sites (tertiary alicyclic amines) is 1. The lowest BCUT2D eigenvalue weighted by Crippen LogP contribution is -2.54. The first-order chi connectivity index (χ1) is 10.7. The molecule has 1 saturated carbocycles. The predicted molar refractivity (Wildman–Crippen MR) is 86.8 cm³/mol. The van der Waals surface area contributed by atoms with E-state index in [-0.39, 0.29) is 5.54 Å². The molecule has 0 radical (unpaired) electrons. The zero-order chi connectivity index (χ0) is 15.2. The molecular formula is C18H25N3O. The Hall–Kier alpha value is -1.58. The Morgan fingerprint density at radius 2 is 2.00 bits per heavy atom. The number of piperidine rings is 1. The van der Waals surface area contributed by atoms with Crippen molar-refractivity contribution in [3.63, 3.8) is 0 Å². The van der Waals surface area contributed by atoms with Gasteiger partial charge in [0.2, 0.25) is 5.91 Å². The fourth-order valence-corrected chi connectivity index (χ4v) is 4.10. The number of carbonyl (C=O) groups is 1. The summed E-state index contributed by atoms with van der Waals surface area (Å²) in [6.07, 6.45) is 6.66. The van der Waals surface area contributed by atoms with Gasteiger partial charge in [-0.1, -0.05) is 6.07 Å². The van der Waals surface area contributed by atoms with Crippen molar-refractivity contribution in [3.05, 3.63) is 23.9 Å². The molecule has 1 amide bonds. The van der Waals surface area contributed by atoms with Crippen molar-refractivity contribution in [2.45, 2.75) is 51.0 Å². The van der Waals surface area contributed by atoms with Gasteiger partial charge in [-0.15, -0.1) is 0 Å².